The fourth-order valence-electron chi connectivity index (χ4n) is 1.72. The van der Waals surface area contributed by atoms with Crippen molar-refractivity contribution in [2.75, 3.05) is 7.11 Å². The van der Waals surface area contributed by atoms with Crippen molar-refractivity contribution < 1.29 is 31.9 Å². The molecule has 0 aliphatic heterocycles. The Bertz CT molecular complexity index is 740. The highest BCUT2D eigenvalue weighted by atomic mass is 19.4. The third-order valence-corrected chi connectivity index (χ3v) is 2.96. The van der Waals surface area contributed by atoms with Crippen LogP contribution in [0.1, 0.15) is 33.7 Å². The van der Waals surface area contributed by atoms with Crippen LogP contribution in [0, 0.1) is 6.92 Å². The van der Waals surface area contributed by atoms with Gasteiger partial charge in [-0.2, -0.15) is 13.2 Å². The van der Waals surface area contributed by atoms with Crippen LogP contribution in [0.5, 0.6) is 0 Å². The van der Waals surface area contributed by atoms with Crippen LogP contribution < -0.4 is 5.32 Å². The molecular formula is C14H12F3N3O4. The minimum Gasteiger partial charge on any atom is -0.467 e. The molecule has 1 atom stereocenters. The zero-order valence-electron chi connectivity index (χ0n) is 12.5. The number of benzene rings is 1. The van der Waals surface area contributed by atoms with Crippen molar-refractivity contribution in [3.05, 3.63) is 47.2 Å². The van der Waals surface area contributed by atoms with E-state index in [-0.39, 0.29) is 5.56 Å². The van der Waals surface area contributed by atoms with E-state index in [2.05, 4.69) is 24.7 Å². The van der Waals surface area contributed by atoms with E-state index in [0.717, 1.165) is 12.7 Å². The Morgan fingerprint density at radius 3 is 2.33 bits per heavy atom. The third kappa shape index (κ3) is 3.89. The van der Waals surface area contributed by atoms with Gasteiger partial charge in [0.1, 0.15) is 0 Å². The number of aryl methyl sites for hydroxylation is 1. The number of nitrogens with zero attached hydrogens (tertiary/aromatic N) is 2. The van der Waals surface area contributed by atoms with E-state index in [1.807, 2.05) is 6.92 Å². The smallest absolute Gasteiger partial charge is 0.467 e. The molecule has 10 heteroatoms. The molecule has 24 heavy (non-hydrogen) atoms. The number of aromatic nitrogens is 2. The highest BCUT2D eigenvalue weighted by molar-refractivity contribution is 5.96. The summed E-state index contributed by atoms with van der Waals surface area (Å²) in [6.07, 6.45) is -4.87. The molecule has 0 bridgehead atoms. The molecule has 0 saturated heterocycles. The molecule has 2 aromatic rings. The van der Waals surface area contributed by atoms with Gasteiger partial charge in [0.05, 0.1) is 7.11 Å². The normalized spacial score (nSPS) is 12.5. The minimum atomic E-state index is -4.87. The molecule has 1 amide bonds. The van der Waals surface area contributed by atoms with Crippen LogP contribution in [0.25, 0.3) is 0 Å². The number of methoxy groups -OCH3 is 1. The van der Waals surface area contributed by atoms with Gasteiger partial charge in [0.25, 0.3) is 11.8 Å². The predicted molar refractivity (Wildman–Crippen MR) is 72.7 cm³/mol. The van der Waals surface area contributed by atoms with E-state index >= 15 is 0 Å². The van der Waals surface area contributed by atoms with Crippen LogP contribution in [0.15, 0.2) is 28.7 Å². The monoisotopic (exact) mass is 343 g/mol. The second-order valence-corrected chi connectivity index (χ2v) is 4.74. The van der Waals surface area contributed by atoms with Gasteiger partial charge in [0.15, 0.2) is 0 Å². The lowest BCUT2D eigenvalue weighted by Crippen LogP contribution is -2.34. The number of alkyl halides is 3. The van der Waals surface area contributed by atoms with Crippen molar-refractivity contribution in [3.8, 4) is 0 Å². The summed E-state index contributed by atoms with van der Waals surface area (Å²) in [5, 5.41) is 8.18. The standard InChI is InChI=1S/C14H12F3N3O4/c1-7-3-5-8(6-4-7)10(21)18-9(12(22)23-2)11-19-20-13(24-11)14(15,16)17/h3-6,9H,1-2H3,(H,18,21). The second-order valence-electron chi connectivity index (χ2n) is 4.74. The van der Waals surface area contributed by atoms with Gasteiger partial charge in [-0.3, -0.25) is 4.79 Å². The highest BCUT2D eigenvalue weighted by Crippen LogP contribution is 2.29. The summed E-state index contributed by atoms with van der Waals surface area (Å²) in [4.78, 5) is 23.9. The molecule has 2 rings (SSSR count). The summed E-state index contributed by atoms with van der Waals surface area (Å²) in [7, 11) is 1.01. The molecule has 1 N–H and O–H groups in total. The molecule has 0 fully saturated rings. The first-order valence-electron chi connectivity index (χ1n) is 6.58. The zero-order chi connectivity index (χ0) is 17.9. The maximum Gasteiger partial charge on any atom is 0.470 e. The van der Waals surface area contributed by atoms with Gasteiger partial charge in [-0.05, 0) is 19.1 Å². The number of amides is 1. The lowest BCUT2D eigenvalue weighted by atomic mass is 10.1. The number of carbonyl (C=O) groups excluding carboxylic acids is 2. The number of carbonyl (C=O) groups is 2. The van der Waals surface area contributed by atoms with Crippen LogP contribution >= 0.6 is 0 Å². The SMILES string of the molecule is COC(=O)C(NC(=O)c1ccc(C)cc1)c1nnc(C(F)(F)F)o1. The maximum absolute atomic E-state index is 12.5. The summed E-state index contributed by atoms with van der Waals surface area (Å²) in [5.74, 6) is -4.12. The van der Waals surface area contributed by atoms with E-state index in [4.69, 9.17) is 0 Å². The number of hydrogen-bond acceptors (Lipinski definition) is 6. The van der Waals surface area contributed by atoms with Crippen LogP contribution in [0.2, 0.25) is 0 Å². The van der Waals surface area contributed by atoms with Crippen LogP contribution in [0.4, 0.5) is 13.2 Å². The number of hydrogen-bond donors (Lipinski definition) is 1. The van der Waals surface area contributed by atoms with E-state index in [1.54, 1.807) is 12.1 Å². The number of halogens is 3. The first kappa shape index (κ1) is 17.4. The average molecular weight is 343 g/mol. The topological polar surface area (TPSA) is 94.3 Å². The van der Waals surface area contributed by atoms with Gasteiger partial charge >= 0.3 is 18.0 Å². The van der Waals surface area contributed by atoms with Crippen LogP contribution in [-0.4, -0.2) is 29.2 Å². The average Bonchev–Trinajstić information content (AvgIpc) is 3.02. The van der Waals surface area contributed by atoms with Crippen molar-refractivity contribution in [1.29, 1.82) is 0 Å². The first-order chi connectivity index (χ1) is 11.2. The number of esters is 1. The van der Waals surface area contributed by atoms with Gasteiger partial charge in [0.2, 0.25) is 6.04 Å². The molecule has 1 heterocycles. The third-order valence-electron chi connectivity index (χ3n) is 2.96. The van der Waals surface area contributed by atoms with E-state index < -0.39 is 35.9 Å². The van der Waals surface area contributed by atoms with Gasteiger partial charge < -0.3 is 14.5 Å². The number of rotatable bonds is 4. The summed E-state index contributed by atoms with van der Waals surface area (Å²) < 4.78 is 46.4. The molecule has 0 aliphatic carbocycles. The largest absolute Gasteiger partial charge is 0.470 e. The van der Waals surface area contributed by atoms with Crippen LogP contribution in [-0.2, 0) is 15.7 Å². The molecule has 0 radical (unpaired) electrons. The Hall–Kier alpha value is -2.91. The molecule has 0 aliphatic rings. The van der Waals surface area contributed by atoms with Gasteiger partial charge in [-0.25, -0.2) is 4.79 Å². The van der Waals surface area contributed by atoms with Crippen LogP contribution in [0.3, 0.4) is 0 Å². The lowest BCUT2D eigenvalue weighted by Gasteiger charge is -2.13. The Kier molecular flexibility index (Phi) is 4.86. The Balaban J connectivity index is 2.26. The Morgan fingerprint density at radius 1 is 1.21 bits per heavy atom. The summed E-state index contributed by atoms with van der Waals surface area (Å²) >= 11 is 0. The van der Waals surface area contributed by atoms with Crippen molar-refractivity contribution >= 4 is 11.9 Å². The quantitative estimate of drug-likeness (QED) is 0.854. The molecule has 0 spiro atoms. The Labute approximate surface area is 133 Å². The number of nitrogens with one attached hydrogen (secondary N) is 1. The molecule has 1 unspecified atom stereocenters. The van der Waals surface area contributed by atoms with Gasteiger partial charge in [0, 0.05) is 5.56 Å². The predicted octanol–water partition coefficient (Wildman–Crippen LogP) is 2.04. The van der Waals surface area contributed by atoms with E-state index in [1.165, 1.54) is 12.1 Å². The fraction of sp³-hybridized carbons (Fsp3) is 0.286. The van der Waals surface area contributed by atoms with Crippen molar-refractivity contribution in [2.45, 2.75) is 19.1 Å². The number of ether oxygens (including phenoxy) is 1. The molecule has 7 nitrogen and oxygen atoms in total. The summed E-state index contributed by atoms with van der Waals surface area (Å²) in [6.45, 7) is 1.82. The molecular weight excluding hydrogens is 331 g/mol. The molecule has 1 aromatic heterocycles. The molecule has 128 valence electrons. The first-order valence-corrected chi connectivity index (χ1v) is 6.58. The maximum atomic E-state index is 12.5. The van der Waals surface area contributed by atoms with Crippen molar-refractivity contribution in [3.63, 3.8) is 0 Å². The molecule has 1 aromatic carbocycles. The van der Waals surface area contributed by atoms with E-state index in [9.17, 15) is 22.8 Å². The highest BCUT2D eigenvalue weighted by Gasteiger charge is 2.40. The zero-order valence-corrected chi connectivity index (χ0v) is 12.5. The second kappa shape index (κ2) is 6.69. The van der Waals surface area contributed by atoms with Gasteiger partial charge in [-0.15, -0.1) is 10.2 Å². The van der Waals surface area contributed by atoms with E-state index in [0.29, 0.717) is 0 Å². The molecule has 0 saturated carbocycles. The van der Waals surface area contributed by atoms with Crippen molar-refractivity contribution in [1.82, 2.24) is 15.5 Å². The van der Waals surface area contributed by atoms with Gasteiger partial charge in [-0.1, -0.05) is 17.7 Å². The Morgan fingerprint density at radius 2 is 1.83 bits per heavy atom. The fourth-order valence-corrected chi connectivity index (χ4v) is 1.72. The lowest BCUT2D eigenvalue weighted by molar-refractivity contribution is -0.158. The summed E-state index contributed by atoms with van der Waals surface area (Å²) in [6, 6.07) is 4.65. The van der Waals surface area contributed by atoms with Crippen molar-refractivity contribution in [2.24, 2.45) is 0 Å². The minimum absolute atomic E-state index is 0.199. The summed E-state index contributed by atoms with van der Waals surface area (Å²) in [5.41, 5.74) is 1.10.